The lowest BCUT2D eigenvalue weighted by Crippen LogP contribution is -2.10. The van der Waals surface area contributed by atoms with Crippen LogP contribution in [0, 0.1) is 5.82 Å². The molecule has 0 aromatic heterocycles. The Morgan fingerprint density at radius 3 is 2.90 bits per heavy atom. The number of fused-ring (bicyclic) bond motifs is 1. The van der Waals surface area contributed by atoms with Crippen LogP contribution in [0.2, 0.25) is 5.02 Å². The third-order valence-electron chi connectivity index (χ3n) is 3.65. The van der Waals surface area contributed by atoms with Crippen LogP contribution in [0.1, 0.15) is 34.3 Å². The summed E-state index contributed by atoms with van der Waals surface area (Å²) in [4.78, 5) is 11.8. The maximum atomic E-state index is 13.3. The standard InChI is InChI=1S/C17H14ClFO2/c18-17-12(4-1-5-15(17)19)10-21-13-7-8-14-11(9-13)3-2-6-16(14)20/h1,4-5,7-9H,2-3,6,10H2. The van der Waals surface area contributed by atoms with Gasteiger partial charge in [-0.15, -0.1) is 0 Å². The van der Waals surface area contributed by atoms with Gasteiger partial charge in [-0.3, -0.25) is 4.79 Å². The number of hydrogen-bond donors (Lipinski definition) is 0. The lowest BCUT2D eigenvalue weighted by molar-refractivity contribution is 0.0972. The molecule has 108 valence electrons. The number of aryl methyl sites for hydroxylation is 1. The molecule has 2 nitrogen and oxygen atoms in total. The van der Waals surface area contributed by atoms with Crippen LogP contribution in [0.15, 0.2) is 36.4 Å². The van der Waals surface area contributed by atoms with Gasteiger partial charge in [-0.25, -0.2) is 4.39 Å². The molecule has 0 N–H and O–H groups in total. The summed E-state index contributed by atoms with van der Waals surface area (Å²) >= 11 is 5.89. The first kappa shape index (κ1) is 14.1. The molecule has 4 heteroatoms. The van der Waals surface area contributed by atoms with Crippen LogP contribution in [0.4, 0.5) is 4.39 Å². The van der Waals surface area contributed by atoms with E-state index in [2.05, 4.69) is 0 Å². The van der Waals surface area contributed by atoms with Crippen molar-refractivity contribution >= 4 is 17.4 Å². The molecular formula is C17H14ClFO2. The molecule has 0 fully saturated rings. The highest BCUT2D eigenvalue weighted by molar-refractivity contribution is 6.31. The maximum absolute atomic E-state index is 13.3. The Hall–Kier alpha value is -1.87. The number of ketones is 1. The van der Waals surface area contributed by atoms with Gasteiger partial charge in [0.1, 0.15) is 18.2 Å². The molecule has 0 aliphatic heterocycles. The molecule has 0 atom stereocenters. The Kier molecular flexibility index (Phi) is 3.93. The molecular weight excluding hydrogens is 291 g/mol. The highest BCUT2D eigenvalue weighted by Crippen LogP contribution is 2.27. The molecule has 3 rings (SSSR count). The Labute approximate surface area is 127 Å². The predicted octanol–water partition coefficient (Wildman–Crippen LogP) is 4.58. The molecule has 0 saturated carbocycles. The summed E-state index contributed by atoms with van der Waals surface area (Å²) in [7, 11) is 0. The fraction of sp³-hybridized carbons (Fsp3) is 0.235. The molecule has 0 spiro atoms. The average molecular weight is 305 g/mol. The van der Waals surface area contributed by atoms with Crippen molar-refractivity contribution in [1.82, 2.24) is 0 Å². The zero-order valence-corrected chi connectivity index (χ0v) is 12.1. The number of benzene rings is 2. The minimum absolute atomic E-state index is 0.0886. The van der Waals surface area contributed by atoms with E-state index < -0.39 is 5.82 Å². The van der Waals surface area contributed by atoms with E-state index in [1.165, 1.54) is 6.07 Å². The Morgan fingerprint density at radius 2 is 2.05 bits per heavy atom. The number of halogens is 2. The molecule has 0 bridgehead atoms. The molecule has 21 heavy (non-hydrogen) atoms. The lowest BCUT2D eigenvalue weighted by atomic mass is 9.90. The smallest absolute Gasteiger partial charge is 0.163 e. The Balaban J connectivity index is 1.77. The number of Topliss-reactive ketones (excluding diaryl/α,β-unsaturated/α-hetero) is 1. The molecule has 0 amide bonds. The maximum Gasteiger partial charge on any atom is 0.163 e. The minimum Gasteiger partial charge on any atom is -0.489 e. The normalized spacial score (nSPS) is 13.9. The van der Waals surface area contributed by atoms with Crippen LogP contribution >= 0.6 is 11.6 Å². The summed E-state index contributed by atoms with van der Waals surface area (Å²) in [5.41, 5.74) is 2.41. The second-order valence-electron chi connectivity index (χ2n) is 5.10. The van der Waals surface area contributed by atoms with Crippen LogP contribution in [0.5, 0.6) is 5.75 Å². The van der Waals surface area contributed by atoms with Crippen molar-refractivity contribution < 1.29 is 13.9 Å². The molecule has 2 aromatic rings. The van der Waals surface area contributed by atoms with Gasteiger partial charge in [0.15, 0.2) is 5.78 Å². The third-order valence-corrected chi connectivity index (χ3v) is 4.08. The van der Waals surface area contributed by atoms with Crippen molar-refractivity contribution in [2.75, 3.05) is 0 Å². The summed E-state index contributed by atoms with van der Waals surface area (Å²) < 4.78 is 19.0. The molecule has 1 aliphatic carbocycles. The predicted molar refractivity (Wildman–Crippen MR) is 79.5 cm³/mol. The van der Waals surface area contributed by atoms with Crippen molar-refractivity contribution in [2.24, 2.45) is 0 Å². The fourth-order valence-electron chi connectivity index (χ4n) is 2.53. The van der Waals surface area contributed by atoms with Crippen LogP contribution in [0.3, 0.4) is 0 Å². The van der Waals surface area contributed by atoms with Crippen LogP contribution in [-0.4, -0.2) is 5.78 Å². The van der Waals surface area contributed by atoms with Gasteiger partial charge in [0.2, 0.25) is 0 Å². The number of carbonyl (C=O) groups is 1. The van der Waals surface area contributed by atoms with Crippen molar-refractivity contribution in [3.63, 3.8) is 0 Å². The van der Waals surface area contributed by atoms with Gasteiger partial charge in [-0.05, 0) is 42.7 Å². The van der Waals surface area contributed by atoms with E-state index in [4.69, 9.17) is 16.3 Å². The van der Waals surface area contributed by atoms with Gasteiger partial charge in [-0.2, -0.15) is 0 Å². The van der Waals surface area contributed by atoms with Gasteiger partial charge in [0, 0.05) is 17.5 Å². The Bertz CT molecular complexity index is 697. The van der Waals surface area contributed by atoms with Crippen molar-refractivity contribution in [3.05, 3.63) is 63.9 Å². The van der Waals surface area contributed by atoms with Gasteiger partial charge in [0.25, 0.3) is 0 Å². The minimum atomic E-state index is -0.450. The SMILES string of the molecule is O=C1CCCc2cc(OCc3cccc(F)c3Cl)ccc21. The number of hydrogen-bond acceptors (Lipinski definition) is 2. The molecule has 0 saturated heterocycles. The number of carbonyl (C=O) groups excluding carboxylic acids is 1. The zero-order chi connectivity index (χ0) is 14.8. The molecule has 0 heterocycles. The van der Waals surface area contributed by atoms with Crippen LogP contribution in [-0.2, 0) is 13.0 Å². The lowest BCUT2D eigenvalue weighted by Gasteiger charge is -2.16. The first-order valence-electron chi connectivity index (χ1n) is 6.87. The fourth-order valence-corrected chi connectivity index (χ4v) is 2.71. The topological polar surface area (TPSA) is 26.3 Å². The van der Waals surface area contributed by atoms with Crippen molar-refractivity contribution in [3.8, 4) is 5.75 Å². The molecule has 0 radical (unpaired) electrons. The van der Waals surface area contributed by atoms with E-state index in [-0.39, 0.29) is 17.4 Å². The van der Waals surface area contributed by atoms with Gasteiger partial charge < -0.3 is 4.74 Å². The van der Waals surface area contributed by atoms with E-state index in [1.807, 2.05) is 6.07 Å². The quantitative estimate of drug-likeness (QED) is 0.830. The first-order chi connectivity index (χ1) is 10.1. The summed E-state index contributed by atoms with van der Waals surface area (Å²) in [5.74, 6) is 0.411. The van der Waals surface area contributed by atoms with Gasteiger partial charge in [0.05, 0.1) is 5.02 Å². The first-order valence-corrected chi connectivity index (χ1v) is 7.25. The van der Waals surface area contributed by atoms with E-state index in [0.29, 0.717) is 17.7 Å². The van der Waals surface area contributed by atoms with Crippen molar-refractivity contribution in [1.29, 1.82) is 0 Å². The van der Waals surface area contributed by atoms with Crippen molar-refractivity contribution in [2.45, 2.75) is 25.9 Å². The monoisotopic (exact) mass is 304 g/mol. The largest absolute Gasteiger partial charge is 0.489 e. The van der Waals surface area contributed by atoms with Crippen LogP contribution in [0.25, 0.3) is 0 Å². The van der Waals surface area contributed by atoms with E-state index in [0.717, 1.165) is 24.0 Å². The van der Waals surface area contributed by atoms with E-state index in [1.54, 1.807) is 24.3 Å². The Morgan fingerprint density at radius 1 is 1.19 bits per heavy atom. The molecule has 2 aromatic carbocycles. The second-order valence-corrected chi connectivity index (χ2v) is 5.48. The van der Waals surface area contributed by atoms with E-state index in [9.17, 15) is 9.18 Å². The molecule has 0 unspecified atom stereocenters. The molecule has 1 aliphatic rings. The van der Waals surface area contributed by atoms with E-state index >= 15 is 0 Å². The zero-order valence-electron chi connectivity index (χ0n) is 11.4. The summed E-state index contributed by atoms with van der Waals surface area (Å²) in [6.07, 6.45) is 2.39. The third kappa shape index (κ3) is 2.93. The van der Waals surface area contributed by atoms with Gasteiger partial charge >= 0.3 is 0 Å². The highest BCUT2D eigenvalue weighted by atomic mass is 35.5. The van der Waals surface area contributed by atoms with Gasteiger partial charge in [-0.1, -0.05) is 23.7 Å². The second kappa shape index (κ2) is 5.86. The summed E-state index contributed by atoms with van der Waals surface area (Å²) in [6.45, 7) is 0.198. The average Bonchev–Trinajstić information content (AvgIpc) is 2.49. The van der Waals surface area contributed by atoms with Crippen LogP contribution < -0.4 is 4.74 Å². The summed E-state index contributed by atoms with van der Waals surface area (Å²) in [5, 5.41) is 0.0886. The number of ether oxygens (including phenoxy) is 1. The highest BCUT2D eigenvalue weighted by Gasteiger charge is 2.17. The summed E-state index contributed by atoms with van der Waals surface area (Å²) in [6, 6.07) is 10.1. The number of rotatable bonds is 3.